The molecule has 0 amide bonds. The van der Waals surface area contributed by atoms with Crippen LogP contribution in [-0.4, -0.2) is 13.1 Å². The molecule has 0 radical (unpaired) electrons. The van der Waals surface area contributed by atoms with Gasteiger partial charge in [0.1, 0.15) is 5.58 Å². The van der Waals surface area contributed by atoms with E-state index in [2.05, 4.69) is 128 Å². The van der Waals surface area contributed by atoms with Crippen LogP contribution in [0.25, 0.3) is 50.3 Å². The van der Waals surface area contributed by atoms with Crippen LogP contribution in [0.1, 0.15) is 61.0 Å². The zero-order chi connectivity index (χ0) is 32.6. The van der Waals surface area contributed by atoms with Crippen LogP contribution >= 0.6 is 0 Å². The molecule has 2 atom stereocenters. The van der Waals surface area contributed by atoms with Crippen molar-refractivity contribution in [1.29, 1.82) is 0 Å². The Morgan fingerprint density at radius 3 is 2.55 bits per heavy atom. The van der Waals surface area contributed by atoms with Crippen molar-refractivity contribution < 1.29 is 13.6 Å². The van der Waals surface area contributed by atoms with Gasteiger partial charge in [-0.1, -0.05) is 51.7 Å². The molecule has 0 bridgehead atoms. The van der Waals surface area contributed by atoms with E-state index in [0.717, 1.165) is 53.4 Å². The number of hydrogen-bond donors (Lipinski definition) is 0. The number of hydrogen-bond acceptors (Lipinski definition) is 2. The number of nitrogens with zero attached hydrogens (tertiary/aromatic N) is 3. The Bertz CT molecular complexity index is 2220. The monoisotopic (exact) mass is 635 g/mol. The molecule has 2 unspecified atom stereocenters. The molecule has 4 nitrogen and oxygen atoms in total. The highest BCUT2D eigenvalue weighted by atomic mass is 28.3. The average Bonchev–Trinajstić information content (AvgIpc) is 3.39. The molecule has 2 aromatic carbocycles. The molecule has 47 heavy (non-hydrogen) atoms. The van der Waals surface area contributed by atoms with Crippen molar-refractivity contribution in [3.8, 4) is 22.5 Å². The van der Waals surface area contributed by atoms with Gasteiger partial charge in [0.15, 0.2) is 24.1 Å². The number of fused-ring (bicyclic) bond motifs is 12. The van der Waals surface area contributed by atoms with Crippen LogP contribution in [0.15, 0.2) is 96.2 Å². The number of benzene rings is 2. The lowest BCUT2D eigenvalue weighted by molar-refractivity contribution is -0.719. The van der Waals surface area contributed by atoms with Gasteiger partial charge in [0.2, 0.25) is 17.1 Å². The summed E-state index contributed by atoms with van der Waals surface area (Å²) in [5.74, 6) is 0.958. The van der Waals surface area contributed by atoms with Crippen molar-refractivity contribution in [2.24, 2.45) is 5.92 Å². The minimum atomic E-state index is -1.62. The van der Waals surface area contributed by atoms with E-state index in [4.69, 9.17) is 16.0 Å². The van der Waals surface area contributed by atoms with Crippen molar-refractivity contribution in [2.45, 2.75) is 78.1 Å². The summed E-state index contributed by atoms with van der Waals surface area (Å²) in [5, 5.41) is 3.77. The minimum Gasteiger partial charge on any atom is -0.438 e. The Balaban J connectivity index is 1.34. The third kappa shape index (κ3) is 5.07. The number of aryl methyl sites for hydroxylation is 2. The first-order chi connectivity index (χ1) is 22.6. The fraction of sp³-hybridized carbons (Fsp3) is 0.310. The molecule has 5 heteroatoms. The summed E-state index contributed by atoms with van der Waals surface area (Å²) in [6.07, 6.45) is 8.75. The highest BCUT2D eigenvalue weighted by molar-refractivity contribution is 6.89. The molecule has 8 rings (SSSR count). The number of aromatic nitrogens is 3. The van der Waals surface area contributed by atoms with E-state index in [1.807, 2.05) is 6.92 Å². The molecule has 2 aliphatic rings. The Kier molecular flexibility index (Phi) is 7.10. The van der Waals surface area contributed by atoms with E-state index in [-0.39, 0.29) is 6.04 Å². The Hall–Kier alpha value is -4.35. The van der Waals surface area contributed by atoms with E-state index in [1.54, 1.807) is 5.19 Å². The molecule has 236 valence electrons. The van der Waals surface area contributed by atoms with Gasteiger partial charge < -0.3 is 4.42 Å². The maximum Gasteiger partial charge on any atom is 0.227 e. The van der Waals surface area contributed by atoms with Crippen molar-refractivity contribution in [3.05, 3.63) is 114 Å². The summed E-state index contributed by atoms with van der Waals surface area (Å²) in [6, 6.07) is 27.4. The van der Waals surface area contributed by atoms with E-state index in [0.29, 0.717) is 17.5 Å². The van der Waals surface area contributed by atoms with Gasteiger partial charge in [0, 0.05) is 51.3 Å². The van der Waals surface area contributed by atoms with Gasteiger partial charge in [-0.2, -0.15) is 9.13 Å². The normalized spacial score (nSPS) is 17.6. The maximum atomic E-state index is 6.39. The molecule has 0 fully saturated rings. The number of rotatable bonds is 3. The standard InChI is InChI=1S/C42H45N3OSi/c1-26(2)20-30-22-39-32-13-9-8-12-31(32)33-18-16-29-23-40-36(34-17-15-27(3)43-42(34)46-40)24-35(29)37-14-10-11-19-44(37)28(4)21-38(33)45(39)25-41(30)47(5,6)7/h8-15,17,19,22-26,33,38H,4,16,18,20-21H2,1-3,5-7H3/q+2. The zero-order valence-corrected chi connectivity index (χ0v) is 29.6. The summed E-state index contributed by atoms with van der Waals surface area (Å²) in [6.45, 7) is 19.0. The summed E-state index contributed by atoms with van der Waals surface area (Å²) >= 11 is 0. The summed E-state index contributed by atoms with van der Waals surface area (Å²) < 4.78 is 11.4. The van der Waals surface area contributed by atoms with Crippen LogP contribution in [0.2, 0.25) is 19.6 Å². The molecule has 4 aromatic heterocycles. The van der Waals surface area contributed by atoms with Crippen molar-refractivity contribution in [3.63, 3.8) is 0 Å². The second kappa shape index (κ2) is 11.1. The minimum absolute atomic E-state index is 0.264. The van der Waals surface area contributed by atoms with Crippen molar-refractivity contribution in [1.82, 2.24) is 4.98 Å². The topological polar surface area (TPSA) is 33.8 Å². The van der Waals surface area contributed by atoms with Gasteiger partial charge in [-0.3, -0.25) is 0 Å². The lowest BCUT2D eigenvalue weighted by Gasteiger charge is -2.33. The molecule has 0 spiro atoms. The zero-order valence-electron chi connectivity index (χ0n) is 28.6. The van der Waals surface area contributed by atoms with Crippen LogP contribution in [0.5, 0.6) is 0 Å². The Morgan fingerprint density at radius 2 is 1.74 bits per heavy atom. The van der Waals surface area contributed by atoms with Crippen LogP contribution < -0.4 is 14.3 Å². The van der Waals surface area contributed by atoms with Crippen molar-refractivity contribution >= 4 is 41.0 Å². The molecule has 2 aliphatic heterocycles. The van der Waals surface area contributed by atoms with Gasteiger partial charge >= 0.3 is 0 Å². The molecule has 0 N–H and O–H groups in total. The second-order valence-corrected chi connectivity index (χ2v) is 20.3. The van der Waals surface area contributed by atoms with Crippen LogP contribution in [0.4, 0.5) is 0 Å². The summed E-state index contributed by atoms with van der Waals surface area (Å²) in [5.41, 5.74) is 13.2. The largest absolute Gasteiger partial charge is 0.438 e. The molecule has 0 saturated carbocycles. The van der Waals surface area contributed by atoms with Crippen molar-refractivity contribution in [2.75, 3.05) is 0 Å². The third-order valence-corrected chi connectivity index (χ3v) is 12.5. The van der Waals surface area contributed by atoms with Gasteiger partial charge in [0.25, 0.3) is 0 Å². The van der Waals surface area contributed by atoms with E-state index < -0.39 is 8.07 Å². The average molecular weight is 636 g/mol. The molecular formula is C42H45N3OSi+2. The highest BCUT2D eigenvalue weighted by Gasteiger charge is 2.44. The third-order valence-electron chi connectivity index (χ3n) is 10.4. The van der Waals surface area contributed by atoms with E-state index in [9.17, 15) is 0 Å². The van der Waals surface area contributed by atoms with E-state index >= 15 is 0 Å². The predicted octanol–water partition coefficient (Wildman–Crippen LogP) is 9.09. The second-order valence-electron chi connectivity index (χ2n) is 15.3. The SMILES string of the molecule is C=C1CC2C(CCc3cc4oc5nc(C)ccc5c4cc3-c3cccc[n+]31)c1ccccc1-c1cc(CC(C)C)c([Si](C)(C)C)c[n+]12. The first-order valence-electron chi connectivity index (χ1n) is 17.3. The number of allylic oxidation sites excluding steroid dienone is 1. The smallest absolute Gasteiger partial charge is 0.227 e. The van der Waals surface area contributed by atoms with Crippen LogP contribution in [0, 0.1) is 12.8 Å². The van der Waals surface area contributed by atoms with E-state index in [1.165, 1.54) is 39.2 Å². The summed E-state index contributed by atoms with van der Waals surface area (Å²) in [7, 11) is -1.62. The lowest BCUT2D eigenvalue weighted by Crippen LogP contribution is -2.54. The molecular weight excluding hydrogens is 591 g/mol. The fourth-order valence-electron chi connectivity index (χ4n) is 8.30. The first-order valence-corrected chi connectivity index (χ1v) is 20.8. The quantitative estimate of drug-likeness (QED) is 0.144. The highest BCUT2D eigenvalue weighted by Crippen LogP contribution is 2.45. The molecule has 6 aromatic rings. The Labute approximate surface area is 279 Å². The van der Waals surface area contributed by atoms with Gasteiger partial charge in [-0.15, -0.1) is 0 Å². The van der Waals surface area contributed by atoms with Gasteiger partial charge in [0.05, 0.1) is 20.1 Å². The van der Waals surface area contributed by atoms with Gasteiger partial charge in [-0.25, -0.2) is 4.98 Å². The van der Waals surface area contributed by atoms with Crippen LogP contribution in [0.3, 0.4) is 0 Å². The number of furan rings is 1. The maximum absolute atomic E-state index is 6.39. The molecule has 0 saturated heterocycles. The van der Waals surface area contributed by atoms with Gasteiger partial charge in [-0.05, 0) is 91.8 Å². The molecule has 6 heterocycles. The summed E-state index contributed by atoms with van der Waals surface area (Å²) in [4.78, 5) is 4.72. The fourth-order valence-corrected chi connectivity index (χ4v) is 9.96. The Morgan fingerprint density at radius 1 is 0.936 bits per heavy atom. The molecule has 0 aliphatic carbocycles. The van der Waals surface area contributed by atoms with Crippen LogP contribution in [-0.2, 0) is 12.8 Å². The number of pyridine rings is 3. The first kappa shape index (κ1) is 30.0. The lowest BCUT2D eigenvalue weighted by atomic mass is 9.77. The predicted molar refractivity (Wildman–Crippen MR) is 196 cm³/mol.